The van der Waals surface area contributed by atoms with Gasteiger partial charge in [0.2, 0.25) is 0 Å². The molecular weight excluding hydrogens is 354 g/mol. The van der Waals surface area contributed by atoms with Gasteiger partial charge in [-0.15, -0.1) is 0 Å². The van der Waals surface area contributed by atoms with E-state index in [0.717, 1.165) is 5.56 Å². The van der Waals surface area contributed by atoms with Gasteiger partial charge in [0.15, 0.2) is 0 Å². The number of nitrogens with zero attached hydrogens (tertiary/aromatic N) is 1. The Morgan fingerprint density at radius 2 is 1.68 bits per heavy atom. The maximum absolute atomic E-state index is 9.95. The molecule has 5 heteroatoms. The zero-order valence-electron chi connectivity index (χ0n) is 15.5. The lowest BCUT2D eigenvalue weighted by Gasteiger charge is -2.08. The molecule has 0 spiro atoms. The number of fused-ring (bicyclic) bond motifs is 1. The minimum Gasteiger partial charge on any atom is -0.508 e. The summed E-state index contributed by atoms with van der Waals surface area (Å²) in [6, 6.07) is 22.1. The fourth-order valence-corrected chi connectivity index (χ4v) is 3.00. The molecule has 0 bridgehead atoms. The molecule has 0 aliphatic carbocycles. The van der Waals surface area contributed by atoms with E-state index >= 15 is 0 Å². The predicted octanol–water partition coefficient (Wildman–Crippen LogP) is 5.06. The fourth-order valence-electron chi connectivity index (χ4n) is 3.00. The number of rotatable bonds is 4. The number of methoxy groups -OCH3 is 2. The molecule has 4 rings (SSSR count). The lowest BCUT2D eigenvalue weighted by molar-refractivity contribution is 0.395. The third-order valence-corrected chi connectivity index (χ3v) is 4.41. The van der Waals surface area contributed by atoms with E-state index in [0.29, 0.717) is 39.3 Å². The first kappa shape index (κ1) is 17.7. The van der Waals surface area contributed by atoms with Crippen molar-refractivity contribution in [2.45, 2.75) is 0 Å². The molecule has 0 aliphatic rings. The summed E-state index contributed by atoms with van der Waals surface area (Å²) < 4.78 is 16.8. The molecule has 3 aromatic carbocycles. The van der Waals surface area contributed by atoms with E-state index in [1.54, 1.807) is 38.5 Å². The number of hydrogen-bond donors (Lipinski definition) is 1. The first-order valence-electron chi connectivity index (χ1n) is 8.77. The Morgan fingerprint density at radius 1 is 0.857 bits per heavy atom. The summed E-state index contributed by atoms with van der Waals surface area (Å²) in [7, 11) is 3.19. The number of ether oxygens (including phenoxy) is 2. The second-order valence-electron chi connectivity index (χ2n) is 6.19. The summed E-state index contributed by atoms with van der Waals surface area (Å²) in [6.45, 7) is 0. The third kappa shape index (κ3) is 3.42. The fraction of sp³-hybridized carbons (Fsp3) is 0.0870. The van der Waals surface area contributed by atoms with Gasteiger partial charge in [-0.2, -0.15) is 0 Å². The molecule has 4 aromatic rings. The van der Waals surface area contributed by atoms with Crippen molar-refractivity contribution < 1.29 is 19.0 Å². The van der Waals surface area contributed by atoms with Crippen molar-refractivity contribution in [2.24, 2.45) is 4.99 Å². The van der Waals surface area contributed by atoms with E-state index in [1.165, 1.54) is 0 Å². The Labute approximate surface area is 162 Å². The summed E-state index contributed by atoms with van der Waals surface area (Å²) in [5, 5.41) is 11.3. The van der Waals surface area contributed by atoms with Crippen molar-refractivity contribution in [1.29, 1.82) is 0 Å². The topological polar surface area (TPSA) is 64.2 Å². The highest BCUT2D eigenvalue weighted by molar-refractivity contribution is 5.80. The molecule has 1 N–H and O–H groups in total. The first-order valence-corrected chi connectivity index (χ1v) is 8.77. The maximum atomic E-state index is 9.95. The van der Waals surface area contributed by atoms with E-state index in [2.05, 4.69) is 0 Å². The van der Waals surface area contributed by atoms with E-state index < -0.39 is 0 Å². The van der Waals surface area contributed by atoms with Crippen LogP contribution in [0.5, 0.6) is 17.2 Å². The molecule has 140 valence electrons. The Kier molecular flexibility index (Phi) is 4.72. The smallest absolute Gasteiger partial charge is 0.148 e. The lowest BCUT2D eigenvalue weighted by Crippen LogP contribution is -2.03. The molecule has 0 unspecified atom stereocenters. The Hall–Kier alpha value is -3.73. The molecule has 0 radical (unpaired) electrons. The number of phenolic OH excluding ortho intramolecular Hbond substituents is 1. The highest BCUT2D eigenvalue weighted by Gasteiger charge is 2.09. The highest BCUT2D eigenvalue weighted by Crippen LogP contribution is 2.32. The van der Waals surface area contributed by atoms with Crippen LogP contribution in [0.1, 0.15) is 0 Å². The number of aromatic hydroxyl groups is 1. The van der Waals surface area contributed by atoms with Gasteiger partial charge in [0.1, 0.15) is 34.3 Å². The summed E-state index contributed by atoms with van der Waals surface area (Å²) in [4.78, 5) is 4.79. The van der Waals surface area contributed by atoms with E-state index in [4.69, 9.17) is 18.9 Å². The Balaban J connectivity index is 1.99. The molecule has 28 heavy (non-hydrogen) atoms. The van der Waals surface area contributed by atoms with Crippen LogP contribution in [0.2, 0.25) is 0 Å². The van der Waals surface area contributed by atoms with Gasteiger partial charge in [-0.1, -0.05) is 30.3 Å². The molecule has 0 saturated heterocycles. The zero-order chi connectivity index (χ0) is 19.5. The Bertz CT molecular complexity index is 1200. The summed E-state index contributed by atoms with van der Waals surface area (Å²) in [5.41, 5.74) is 2.22. The van der Waals surface area contributed by atoms with E-state index in [1.807, 2.05) is 48.5 Å². The van der Waals surface area contributed by atoms with Crippen LogP contribution in [-0.4, -0.2) is 19.3 Å². The van der Waals surface area contributed by atoms with Gasteiger partial charge in [-0.3, -0.25) is 0 Å². The van der Waals surface area contributed by atoms with Crippen LogP contribution in [0.25, 0.3) is 22.3 Å². The molecule has 0 atom stereocenters. The first-order chi connectivity index (χ1) is 13.7. The predicted molar refractivity (Wildman–Crippen MR) is 108 cm³/mol. The van der Waals surface area contributed by atoms with Crippen molar-refractivity contribution in [3.63, 3.8) is 0 Å². The van der Waals surface area contributed by atoms with Crippen LogP contribution in [0.3, 0.4) is 0 Å². The van der Waals surface area contributed by atoms with Gasteiger partial charge < -0.3 is 19.0 Å². The van der Waals surface area contributed by atoms with Crippen LogP contribution in [0.15, 0.2) is 82.2 Å². The molecule has 0 saturated carbocycles. The van der Waals surface area contributed by atoms with Gasteiger partial charge in [-0.05, 0) is 30.3 Å². The molecule has 1 heterocycles. The SMILES string of the molecule is COc1ccc(N=c2cc(-c3ccccc3)oc3ccc(O)cc23)c(OC)c1. The summed E-state index contributed by atoms with van der Waals surface area (Å²) in [6.07, 6.45) is 0. The third-order valence-electron chi connectivity index (χ3n) is 4.41. The normalized spacial score (nSPS) is 11.6. The molecular formula is C23H19NO4. The standard InChI is InChI=1S/C23H19NO4/c1-26-17-9-10-19(23(13-17)27-2)24-20-14-22(15-6-4-3-5-7-15)28-21-11-8-16(25)12-18(20)21/h3-14,25H,1-2H3. The van der Waals surface area contributed by atoms with Crippen molar-refractivity contribution in [1.82, 2.24) is 0 Å². The van der Waals surface area contributed by atoms with E-state index in [9.17, 15) is 5.11 Å². The van der Waals surface area contributed by atoms with Crippen molar-refractivity contribution in [3.8, 4) is 28.6 Å². The van der Waals surface area contributed by atoms with Crippen molar-refractivity contribution in [3.05, 3.63) is 78.2 Å². The van der Waals surface area contributed by atoms with Crippen LogP contribution in [0.4, 0.5) is 5.69 Å². The van der Waals surface area contributed by atoms with Crippen LogP contribution >= 0.6 is 0 Å². The second-order valence-corrected chi connectivity index (χ2v) is 6.19. The number of benzene rings is 3. The molecule has 0 aliphatic heterocycles. The Morgan fingerprint density at radius 3 is 2.43 bits per heavy atom. The number of phenols is 1. The summed E-state index contributed by atoms with van der Waals surface area (Å²) in [5.74, 6) is 2.11. The molecule has 1 aromatic heterocycles. The van der Waals surface area contributed by atoms with Gasteiger partial charge in [0.25, 0.3) is 0 Å². The molecule has 5 nitrogen and oxygen atoms in total. The van der Waals surface area contributed by atoms with Gasteiger partial charge in [-0.25, -0.2) is 4.99 Å². The second kappa shape index (κ2) is 7.48. The summed E-state index contributed by atoms with van der Waals surface area (Å²) >= 11 is 0. The van der Waals surface area contributed by atoms with Crippen molar-refractivity contribution >= 4 is 16.7 Å². The largest absolute Gasteiger partial charge is 0.508 e. The van der Waals surface area contributed by atoms with Gasteiger partial charge in [0, 0.05) is 23.1 Å². The minimum absolute atomic E-state index is 0.147. The maximum Gasteiger partial charge on any atom is 0.148 e. The highest BCUT2D eigenvalue weighted by atomic mass is 16.5. The average molecular weight is 373 g/mol. The monoisotopic (exact) mass is 373 g/mol. The number of hydrogen-bond acceptors (Lipinski definition) is 5. The average Bonchev–Trinajstić information content (AvgIpc) is 2.74. The lowest BCUT2D eigenvalue weighted by atomic mass is 10.1. The minimum atomic E-state index is 0.147. The zero-order valence-corrected chi connectivity index (χ0v) is 15.5. The van der Waals surface area contributed by atoms with Gasteiger partial charge >= 0.3 is 0 Å². The van der Waals surface area contributed by atoms with Crippen LogP contribution in [0, 0.1) is 0 Å². The van der Waals surface area contributed by atoms with E-state index in [-0.39, 0.29) is 5.75 Å². The van der Waals surface area contributed by atoms with Crippen molar-refractivity contribution in [2.75, 3.05) is 14.2 Å². The van der Waals surface area contributed by atoms with Gasteiger partial charge in [0.05, 0.1) is 19.6 Å². The van der Waals surface area contributed by atoms with Crippen LogP contribution in [-0.2, 0) is 0 Å². The quantitative estimate of drug-likeness (QED) is 0.543. The molecule has 0 fully saturated rings. The van der Waals surface area contributed by atoms with Crippen LogP contribution < -0.4 is 14.8 Å². The molecule has 0 amide bonds.